The number of hydrogen-bond acceptors (Lipinski definition) is 6. The number of carbonyl (C=O) groups is 1. The Bertz CT molecular complexity index is 1540. The van der Waals surface area contributed by atoms with Gasteiger partial charge in [-0.25, -0.2) is 9.18 Å². The smallest absolute Gasteiger partial charge is 0.355 e. The lowest BCUT2D eigenvalue weighted by Crippen LogP contribution is -2.13. The Morgan fingerprint density at radius 2 is 1.84 bits per heavy atom. The number of nitrogens with zero attached hydrogens (tertiary/aromatic N) is 2. The molecule has 5 aromatic rings. The van der Waals surface area contributed by atoms with Gasteiger partial charge in [-0.05, 0) is 42.0 Å². The molecule has 0 aliphatic rings. The van der Waals surface area contributed by atoms with E-state index in [2.05, 4.69) is 25.1 Å². The van der Waals surface area contributed by atoms with Gasteiger partial charge in [0.15, 0.2) is 17.1 Å². The minimum absolute atomic E-state index is 0.00716. The summed E-state index contributed by atoms with van der Waals surface area (Å²) in [5.41, 5.74) is 1.99. The van der Waals surface area contributed by atoms with Crippen molar-refractivity contribution < 1.29 is 18.2 Å². The number of nitrogens with one attached hydrogen (secondary N) is 2. The summed E-state index contributed by atoms with van der Waals surface area (Å²) in [4.78, 5) is 26.8. The third-order valence-corrected chi connectivity index (χ3v) is 5.03. The number of anilines is 1. The number of amides is 1. The fourth-order valence-corrected chi connectivity index (χ4v) is 3.49. The molecule has 0 spiro atoms. The third-order valence-electron chi connectivity index (χ3n) is 4.80. The van der Waals surface area contributed by atoms with Gasteiger partial charge in [0.2, 0.25) is 0 Å². The van der Waals surface area contributed by atoms with Crippen LogP contribution in [0.2, 0.25) is 5.02 Å². The summed E-state index contributed by atoms with van der Waals surface area (Å²) < 4.78 is 24.0. The Morgan fingerprint density at radius 1 is 1.00 bits per heavy atom. The van der Waals surface area contributed by atoms with Gasteiger partial charge in [0.1, 0.15) is 5.82 Å². The minimum Gasteiger partial charge on any atom is -0.355 e. The summed E-state index contributed by atoms with van der Waals surface area (Å²) in [7, 11) is 0. The first-order chi connectivity index (χ1) is 15.5. The molecule has 5 rings (SSSR count). The van der Waals surface area contributed by atoms with Crippen molar-refractivity contribution in [3.8, 4) is 22.5 Å². The van der Waals surface area contributed by atoms with Gasteiger partial charge in [-0.1, -0.05) is 46.2 Å². The number of halogens is 2. The molecular formula is C22H12ClFN4O4. The second-order valence-corrected chi connectivity index (χ2v) is 7.25. The summed E-state index contributed by atoms with van der Waals surface area (Å²) in [5.74, 6) is -1.62. The molecule has 158 valence electrons. The predicted octanol–water partition coefficient (Wildman–Crippen LogP) is 4.88. The minimum atomic E-state index is -0.750. The standard InChI is InChI=1S/C22H12ClFN4O4/c23-12-6-7-17(14(10-12)20-26-22(30)32-28-20)25-21(29)19-15-9-11(5-8-18(15)31-27-19)13-3-1-2-4-16(13)24/h1-10H,(H,25,29)(H,26,28,30). The zero-order valence-electron chi connectivity index (χ0n) is 16.1. The Balaban J connectivity index is 1.53. The van der Waals surface area contributed by atoms with E-state index in [-0.39, 0.29) is 17.3 Å². The number of aromatic nitrogens is 3. The highest BCUT2D eigenvalue weighted by atomic mass is 35.5. The number of fused-ring (bicyclic) bond motifs is 1. The second kappa shape index (κ2) is 7.78. The summed E-state index contributed by atoms with van der Waals surface area (Å²) in [6.07, 6.45) is 0. The molecule has 0 unspecified atom stereocenters. The van der Waals surface area contributed by atoms with Crippen molar-refractivity contribution in [2.75, 3.05) is 5.32 Å². The Hall–Kier alpha value is -4.24. The van der Waals surface area contributed by atoms with Crippen LogP contribution in [0.3, 0.4) is 0 Å². The molecule has 0 aliphatic carbocycles. The average Bonchev–Trinajstić information content (AvgIpc) is 3.41. The Morgan fingerprint density at radius 3 is 2.62 bits per heavy atom. The number of rotatable bonds is 4. The van der Waals surface area contributed by atoms with Crippen molar-refractivity contribution >= 4 is 34.2 Å². The van der Waals surface area contributed by atoms with E-state index < -0.39 is 11.7 Å². The largest absolute Gasteiger partial charge is 0.439 e. The van der Waals surface area contributed by atoms with E-state index in [1.54, 1.807) is 48.5 Å². The number of hydrogen-bond donors (Lipinski definition) is 2. The Labute approximate surface area is 183 Å². The SMILES string of the molecule is O=C(Nc1ccc(Cl)cc1-c1noc(=O)[nH]1)c1noc2ccc(-c3ccccc3F)cc12. The molecule has 0 saturated carbocycles. The molecule has 1 amide bonds. The van der Waals surface area contributed by atoms with Gasteiger partial charge in [0.25, 0.3) is 5.91 Å². The van der Waals surface area contributed by atoms with E-state index in [0.717, 1.165) is 0 Å². The van der Waals surface area contributed by atoms with Gasteiger partial charge < -0.3 is 9.84 Å². The first kappa shape index (κ1) is 19.7. The van der Waals surface area contributed by atoms with Crippen LogP contribution in [-0.4, -0.2) is 21.2 Å². The summed E-state index contributed by atoms with van der Waals surface area (Å²) in [6, 6.07) is 15.9. The van der Waals surface area contributed by atoms with Crippen LogP contribution in [0.25, 0.3) is 33.5 Å². The van der Waals surface area contributed by atoms with Crippen molar-refractivity contribution in [3.63, 3.8) is 0 Å². The molecule has 0 aliphatic heterocycles. The number of H-pyrrole nitrogens is 1. The molecule has 3 aromatic carbocycles. The lowest BCUT2D eigenvalue weighted by molar-refractivity contribution is 0.102. The van der Waals surface area contributed by atoms with E-state index in [1.165, 1.54) is 12.1 Å². The third kappa shape index (κ3) is 3.54. The van der Waals surface area contributed by atoms with Gasteiger partial charge in [-0.3, -0.25) is 14.3 Å². The van der Waals surface area contributed by atoms with E-state index in [9.17, 15) is 14.0 Å². The van der Waals surface area contributed by atoms with Crippen LogP contribution >= 0.6 is 11.6 Å². The average molecular weight is 451 g/mol. The van der Waals surface area contributed by atoms with Crippen molar-refractivity contribution in [1.82, 2.24) is 15.3 Å². The Kier molecular flexibility index (Phi) is 4.79. The summed E-state index contributed by atoms with van der Waals surface area (Å²) >= 11 is 6.06. The van der Waals surface area contributed by atoms with Crippen LogP contribution in [0.5, 0.6) is 0 Å². The van der Waals surface area contributed by atoms with Crippen molar-refractivity contribution in [3.05, 3.63) is 87.7 Å². The number of benzene rings is 3. The maximum Gasteiger partial charge on any atom is 0.439 e. The van der Waals surface area contributed by atoms with Gasteiger partial charge in [0, 0.05) is 16.1 Å². The maximum atomic E-state index is 14.2. The van der Waals surface area contributed by atoms with Gasteiger partial charge in [0.05, 0.1) is 11.1 Å². The molecule has 32 heavy (non-hydrogen) atoms. The maximum absolute atomic E-state index is 14.2. The molecule has 0 saturated heterocycles. The molecule has 0 bridgehead atoms. The normalized spacial score (nSPS) is 11.1. The topological polar surface area (TPSA) is 114 Å². The van der Waals surface area contributed by atoms with Gasteiger partial charge in [-0.15, -0.1) is 0 Å². The van der Waals surface area contributed by atoms with Crippen LogP contribution in [0.15, 0.2) is 74.5 Å². The zero-order chi connectivity index (χ0) is 22.2. The quantitative estimate of drug-likeness (QED) is 0.403. The first-order valence-corrected chi connectivity index (χ1v) is 9.69. The van der Waals surface area contributed by atoms with E-state index in [0.29, 0.717) is 38.4 Å². The van der Waals surface area contributed by atoms with E-state index >= 15 is 0 Å². The molecule has 8 nitrogen and oxygen atoms in total. The molecule has 2 N–H and O–H groups in total. The van der Waals surface area contributed by atoms with Crippen LogP contribution in [0.1, 0.15) is 10.5 Å². The second-order valence-electron chi connectivity index (χ2n) is 6.81. The molecule has 0 atom stereocenters. The van der Waals surface area contributed by atoms with Crippen molar-refractivity contribution in [1.29, 1.82) is 0 Å². The predicted molar refractivity (Wildman–Crippen MR) is 115 cm³/mol. The van der Waals surface area contributed by atoms with Crippen LogP contribution in [0.4, 0.5) is 10.1 Å². The highest BCUT2D eigenvalue weighted by molar-refractivity contribution is 6.31. The lowest BCUT2D eigenvalue weighted by atomic mass is 10.0. The molecule has 2 aromatic heterocycles. The van der Waals surface area contributed by atoms with Gasteiger partial charge >= 0.3 is 5.76 Å². The highest BCUT2D eigenvalue weighted by Gasteiger charge is 2.20. The summed E-state index contributed by atoms with van der Waals surface area (Å²) in [6.45, 7) is 0. The molecule has 10 heteroatoms. The molecule has 0 fully saturated rings. The number of carbonyl (C=O) groups excluding carboxylic acids is 1. The van der Waals surface area contributed by atoms with Crippen LogP contribution < -0.4 is 11.1 Å². The van der Waals surface area contributed by atoms with Gasteiger partial charge in [-0.2, -0.15) is 0 Å². The highest BCUT2D eigenvalue weighted by Crippen LogP contribution is 2.31. The fraction of sp³-hybridized carbons (Fsp3) is 0. The van der Waals surface area contributed by atoms with Crippen molar-refractivity contribution in [2.24, 2.45) is 0 Å². The number of aromatic amines is 1. The van der Waals surface area contributed by atoms with E-state index in [1.807, 2.05) is 0 Å². The zero-order valence-corrected chi connectivity index (χ0v) is 16.8. The van der Waals surface area contributed by atoms with Crippen molar-refractivity contribution in [2.45, 2.75) is 0 Å². The fourth-order valence-electron chi connectivity index (χ4n) is 3.31. The lowest BCUT2D eigenvalue weighted by Gasteiger charge is -2.08. The van der Waals surface area contributed by atoms with Crippen LogP contribution in [0, 0.1) is 5.82 Å². The molecule has 2 heterocycles. The first-order valence-electron chi connectivity index (χ1n) is 9.31. The molecule has 0 radical (unpaired) electrons. The van der Waals surface area contributed by atoms with Crippen LogP contribution in [-0.2, 0) is 0 Å². The molecular weight excluding hydrogens is 439 g/mol. The van der Waals surface area contributed by atoms with E-state index in [4.69, 9.17) is 16.1 Å². The monoisotopic (exact) mass is 450 g/mol. The summed E-state index contributed by atoms with van der Waals surface area (Å²) in [5, 5.41) is 11.0.